The maximum absolute atomic E-state index is 12.6. The number of allylic oxidation sites excluding steroid dienone is 4. The zero-order valence-corrected chi connectivity index (χ0v) is 21.6. The number of likely N-dealkylation sites (tertiary alicyclic amines) is 1. The third kappa shape index (κ3) is 3.85. The predicted molar refractivity (Wildman–Crippen MR) is 132 cm³/mol. The van der Waals surface area contributed by atoms with Crippen molar-refractivity contribution in [1.82, 2.24) is 4.90 Å². The van der Waals surface area contributed by atoms with Crippen molar-refractivity contribution in [1.29, 1.82) is 0 Å². The quantitative estimate of drug-likeness (QED) is 0.481. The van der Waals surface area contributed by atoms with Crippen molar-refractivity contribution < 1.29 is 24.3 Å². The van der Waals surface area contributed by atoms with Gasteiger partial charge in [-0.1, -0.05) is 30.7 Å². The Hall–Kier alpha value is -2.15. The summed E-state index contributed by atoms with van der Waals surface area (Å²) in [5.74, 6) is 1.20. The minimum absolute atomic E-state index is 0.0107. The van der Waals surface area contributed by atoms with Crippen LogP contribution in [0.4, 0.5) is 0 Å². The highest BCUT2D eigenvalue weighted by molar-refractivity contribution is 6.05. The minimum Gasteiger partial charge on any atom is -0.467 e. The van der Waals surface area contributed by atoms with Crippen LogP contribution < -0.4 is 0 Å². The van der Waals surface area contributed by atoms with Crippen molar-refractivity contribution in [2.45, 2.75) is 83.8 Å². The van der Waals surface area contributed by atoms with E-state index in [2.05, 4.69) is 38.1 Å². The number of carbonyl (C=O) groups excluding carboxylic acids is 2. The molecule has 0 bridgehead atoms. The number of fused-ring (bicyclic) bond motifs is 5. The fraction of sp³-hybridized carbons (Fsp3) is 0.750. The van der Waals surface area contributed by atoms with E-state index in [9.17, 15) is 14.7 Å². The van der Waals surface area contributed by atoms with E-state index in [1.54, 1.807) is 0 Å². The molecule has 3 saturated carbocycles. The third-order valence-electron chi connectivity index (χ3n) is 10.5. The number of hydrogen-bond acceptors (Lipinski definition) is 6. The van der Waals surface area contributed by atoms with Crippen LogP contribution in [0.1, 0.15) is 72.1 Å². The lowest BCUT2D eigenvalue weighted by molar-refractivity contribution is -0.152. The van der Waals surface area contributed by atoms with Gasteiger partial charge in [-0.05, 0) is 93.6 Å². The summed E-state index contributed by atoms with van der Waals surface area (Å²) >= 11 is 0. The summed E-state index contributed by atoms with van der Waals surface area (Å²) in [5.41, 5.74) is 1.62. The van der Waals surface area contributed by atoms with Crippen LogP contribution in [0.5, 0.6) is 0 Å². The molecular weight excluding hydrogens is 444 g/mol. The Bertz CT molecular complexity index is 984. The highest BCUT2D eigenvalue weighted by Crippen LogP contribution is 2.66. The van der Waals surface area contributed by atoms with Crippen LogP contribution in [0, 0.1) is 28.6 Å². The molecule has 1 aliphatic heterocycles. The summed E-state index contributed by atoms with van der Waals surface area (Å²) in [5, 5.41) is 15.4. The molecule has 7 atom stereocenters. The second-order valence-corrected chi connectivity index (χ2v) is 12.0. The first-order chi connectivity index (χ1) is 16.6. The van der Waals surface area contributed by atoms with Crippen LogP contribution in [0.3, 0.4) is 0 Å². The van der Waals surface area contributed by atoms with Crippen molar-refractivity contribution in [2.24, 2.45) is 33.7 Å². The van der Waals surface area contributed by atoms with E-state index < -0.39 is 11.6 Å². The normalized spacial score (nSPS) is 43.3. The number of amides is 1. The van der Waals surface area contributed by atoms with Gasteiger partial charge in [-0.15, -0.1) is 0 Å². The van der Waals surface area contributed by atoms with Gasteiger partial charge in [0.2, 0.25) is 0 Å². The molecule has 4 fully saturated rings. The molecule has 7 nitrogen and oxygen atoms in total. The monoisotopic (exact) mass is 484 g/mol. The number of aliphatic hydroxyl groups is 1. The Morgan fingerprint density at radius 3 is 2.69 bits per heavy atom. The Kier molecular flexibility index (Phi) is 6.14. The van der Waals surface area contributed by atoms with Gasteiger partial charge in [0.15, 0.2) is 6.61 Å². The van der Waals surface area contributed by atoms with E-state index in [0.29, 0.717) is 30.7 Å². The van der Waals surface area contributed by atoms with Crippen molar-refractivity contribution in [3.8, 4) is 0 Å². The first-order valence-electron chi connectivity index (χ1n) is 13.3. The first-order valence-corrected chi connectivity index (χ1v) is 13.3. The van der Waals surface area contributed by atoms with E-state index in [1.807, 2.05) is 6.08 Å². The number of rotatable bonds is 4. The van der Waals surface area contributed by atoms with Gasteiger partial charge in [0, 0.05) is 12.0 Å². The SMILES string of the molecule is COC(=O)[C@H]1CCCN1C(=O)CO/N=C1/C=C[C@@]2(C)C(=C1)CC[C@@H]1[C@@H]2CC[C@@]2(C)[C@H]1CC[C@]2(C)O. The summed E-state index contributed by atoms with van der Waals surface area (Å²) in [4.78, 5) is 31.5. The van der Waals surface area contributed by atoms with E-state index in [4.69, 9.17) is 9.57 Å². The average molecular weight is 485 g/mol. The van der Waals surface area contributed by atoms with Crippen molar-refractivity contribution >= 4 is 17.6 Å². The lowest BCUT2D eigenvalue weighted by Crippen LogP contribution is -2.53. The Morgan fingerprint density at radius 2 is 1.91 bits per heavy atom. The van der Waals surface area contributed by atoms with Crippen LogP contribution in [0.2, 0.25) is 0 Å². The van der Waals surface area contributed by atoms with E-state index >= 15 is 0 Å². The van der Waals surface area contributed by atoms with Gasteiger partial charge in [-0.25, -0.2) is 4.79 Å². The molecule has 5 aliphatic rings. The topological polar surface area (TPSA) is 88.4 Å². The van der Waals surface area contributed by atoms with E-state index in [0.717, 1.165) is 50.7 Å². The predicted octanol–water partition coefficient (Wildman–Crippen LogP) is 4.01. The van der Waals surface area contributed by atoms with Crippen molar-refractivity contribution in [3.05, 3.63) is 23.8 Å². The Morgan fingerprint density at radius 1 is 1.14 bits per heavy atom. The highest BCUT2D eigenvalue weighted by atomic mass is 16.6. The standard InChI is InChI=1S/C28H40N2O5/c1-26-12-9-19(29-35-17-24(31)30-15-5-6-23(30)25(32)34-4)16-18(26)7-8-20-21(26)10-13-27(2)22(20)11-14-28(27,3)33/h9,12,16,20-23,33H,5-8,10-11,13-15,17H2,1-4H3/b29-19-/t20-,21+,22+,23-,26+,27+,28+/m1/s1. The molecular formula is C28H40N2O5. The van der Waals surface area contributed by atoms with Gasteiger partial charge in [0.1, 0.15) is 11.8 Å². The number of oxime groups is 1. The van der Waals surface area contributed by atoms with Gasteiger partial charge in [0.05, 0.1) is 12.7 Å². The number of hydrogen-bond donors (Lipinski definition) is 1. The van der Waals surface area contributed by atoms with Crippen molar-refractivity contribution in [3.63, 3.8) is 0 Å². The van der Waals surface area contributed by atoms with Crippen LogP contribution >= 0.6 is 0 Å². The number of ether oxygens (including phenoxy) is 1. The van der Waals surface area contributed by atoms with Crippen LogP contribution in [0.25, 0.3) is 0 Å². The molecule has 0 aromatic heterocycles. The molecule has 0 unspecified atom stereocenters. The van der Waals surface area contributed by atoms with Gasteiger partial charge in [-0.3, -0.25) is 4.79 Å². The van der Waals surface area contributed by atoms with E-state index in [1.165, 1.54) is 17.6 Å². The third-order valence-corrected chi connectivity index (χ3v) is 10.5. The maximum Gasteiger partial charge on any atom is 0.328 e. The summed E-state index contributed by atoms with van der Waals surface area (Å²) in [6, 6.07) is -0.516. The molecule has 0 radical (unpaired) electrons. The molecule has 35 heavy (non-hydrogen) atoms. The zero-order chi connectivity index (χ0) is 25.0. The number of esters is 1. The molecule has 4 aliphatic carbocycles. The lowest BCUT2D eigenvalue weighted by atomic mass is 9.47. The zero-order valence-electron chi connectivity index (χ0n) is 21.6. The number of carbonyl (C=O) groups is 2. The average Bonchev–Trinajstić information content (AvgIpc) is 3.41. The maximum atomic E-state index is 12.6. The number of methoxy groups -OCH3 is 1. The Balaban J connectivity index is 1.24. The first kappa shape index (κ1) is 24.5. The van der Waals surface area contributed by atoms with E-state index in [-0.39, 0.29) is 29.3 Å². The Labute approximate surface area is 208 Å². The molecule has 0 aromatic rings. The molecule has 1 N–H and O–H groups in total. The fourth-order valence-electron chi connectivity index (χ4n) is 8.20. The molecule has 7 heteroatoms. The van der Waals surface area contributed by atoms with Crippen LogP contribution in [-0.2, 0) is 19.2 Å². The van der Waals surface area contributed by atoms with Gasteiger partial charge in [-0.2, -0.15) is 0 Å². The molecule has 5 rings (SSSR count). The smallest absolute Gasteiger partial charge is 0.328 e. The largest absolute Gasteiger partial charge is 0.467 e. The molecule has 192 valence electrons. The van der Waals surface area contributed by atoms with Gasteiger partial charge >= 0.3 is 5.97 Å². The van der Waals surface area contributed by atoms with Crippen LogP contribution in [0.15, 0.2) is 29.0 Å². The lowest BCUT2D eigenvalue weighted by Gasteiger charge is -2.58. The van der Waals surface area contributed by atoms with Crippen molar-refractivity contribution in [2.75, 3.05) is 20.3 Å². The number of nitrogens with zero attached hydrogens (tertiary/aromatic N) is 2. The molecule has 1 heterocycles. The highest BCUT2D eigenvalue weighted by Gasteiger charge is 2.62. The van der Waals surface area contributed by atoms with Gasteiger partial charge in [0.25, 0.3) is 5.91 Å². The summed E-state index contributed by atoms with van der Waals surface area (Å²) in [6.45, 7) is 7.10. The fourth-order valence-corrected chi connectivity index (χ4v) is 8.20. The molecule has 0 aromatic carbocycles. The minimum atomic E-state index is -0.553. The second kappa shape index (κ2) is 8.75. The molecule has 0 spiro atoms. The molecule has 1 saturated heterocycles. The van der Waals surface area contributed by atoms with Gasteiger partial charge < -0.3 is 19.6 Å². The summed E-state index contributed by atoms with van der Waals surface area (Å²) < 4.78 is 4.82. The molecule has 1 amide bonds. The van der Waals surface area contributed by atoms with Crippen LogP contribution in [-0.4, -0.2) is 59.5 Å². The second-order valence-electron chi connectivity index (χ2n) is 12.0. The summed E-state index contributed by atoms with van der Waals surface area (Å²) in [6.07, 6.45) is 14.3. The summed E-state index contributed by atoms with van der Waals surface area (Å²) in [7, 11) is 1.35.